The van der Waals surface area contributed by atoms with Crippen LogP contribution in [0.15, 0.2) is 48.5 Å². The second-order valence-electron chi connectivity index (χ2n) is 6.19. The smallest absolute Gasteiger partial charge is 0.322 e. The highest BCUT2D eigenvalue weighted by Gasteiger charge is 2.08. The number of carbonyl (C=O) groups excluding carboxylic acids is 2. The minimum atomic E-state index is -1.11. The van der Waals surface area contributed by atoms with Crippen molar-refractivity contribution in [3.8, 4) is 5.75 Å². The van der Waals surface area contributed by atoms with Crippen LogP contribution in [0.2, 0.25) is 0 Å². The lowest BCUT2D eigenvalue weighted by Crippen LogP contribution is -2.29. The van der Waals surface area contributed by atoms with E-state index in [2.05, 4.69) is 17.6 Å². The molecular weight excluding hydrogens is 360 g/mol. The lowest BCUT2D eigenvalue weighted by Gasteiger charge is -2.08. The number of carbonyl (C=O) groups is 3. The first kappa shape index (κ1) is 21.0. The van der Waals surface area contributed by atoms with Gasteiger partial charge in [-0.25, -0.2) is 0 Å². The van der Waals surface area contributed by atoms with Crippen molar-refractivity contribution in [1.29, 1.82) is 0 Å². The lowest BCUT2D eigenvalue weighted by molar-refractivity contribution is -0.135. The molecule has 2 aromatic rings. The molecule has 28 heavy (non-hydrogen) atoms. The van der Waals surface area contributed by atoms with Gasteiger partial charge in [-0.3, -0.25) is 14.4 Å². The summed E-state index contributed by atoms with van der Waals surface area (Å²) in [5, 5.41) is 13.6. The molecule has 0 heterocycles. The summed E-state index contributed by atoms with van der Waals surface area (Å²) in [6, 6.07) is 14.0. The zero-order chi connectivity index (χ0) is 20.4. The molecule has 0 atom stereocenters. The van der Waals surface area contributed by atoms with Gasteiger partial charge >= 0.3 is 5.97 Å². The Labute approximate surface area is 163 Å². The Kier molecular flexibility index (Phi) is 8.02. The van der Waals surface area contributed by atoms with Crippen molar-refractivity contribution in [2.24, 2.45) is 0 Å². The van der Waals surface area contributed by atoms with Gasteiger partial charge in [-0.15, -0.1) is 0 Å². The number of ether oxygens (including phenoxy) is 1. The number of rotatable bonds is 10. The molecule has 148 valence electrons. The minimum Gasteiger partial charge on any atom is -0.494 e. The number of anilines is 1. The van der Waals surface area contributed by atoms with E-state index in [4.69, 9.17) is 9.84 Å². The Morgan fingerprint density at radius 2 is 1.68 bits per heavy atom. The third-order valence-corrected chi connectivity index (χ3v) is 3.87. The summed E-state index contributed by atoms with van der Waals surface area (Å²) in [6.45, 7) is 2.29. The van der Waals surface area contributed by atoms with Gasteiger partial charge in [0.2, 0.25) is 5.91 Å². The highest BCUT2D eigenvalue weighted by molar-refractivity contribution is 5.97. The van der Waals surface area contributed by atoms with E-state index in [0.717, 1.165) is 17.7 Å². The second kappa shape index (κ2) is 10.7. The molecule has 0 bridgehead atoms. The zero-order valence-corrected chi connectivity index (χ0v) is 15.7. The maximum Gasteiger partial charge on any atom is 0.322 e. The largest absolute Gasteiger partial charge is 0.494 e. The van der Waals surface area contributed by atoms with E-state index in [9.17, 15) is 14.4 Å². The molecule has 0 aliphatic rings. The molecule has 2 rings (SSSR count). The number of carboxylic acid groups (broad SMARTS) is 1. The molecule has 2 amide bonds. The fraction of sp³-hybridized carbons (Fsp3) is 0.286. The molecule has 2 aromatic carbocycles. The minimum absolute atomic E-state index is 0.130. The Balaban J connectivity index is 1.79. The third kappa shape index (κ3) is 7.11. The predicted molar refractivity (Wildman–Crippen MR) is 106 cm³/mol. The number of carboxylic acids is 1. The SMILES string of the molecule is CCCOc1ccc(CCC(=O)Nc2ccc(C(=O)NCC(=O)O)cc2)cc1. The highest BCUT2D eigenvalue weighted by Crippen LogP contribution is 2.15. The van der Waals surface area contributed by atoms with Gasteiger partial charge in [0.1, 0.15) is 12.3 Å². The standard InChI is InChI=1S/C21H24N2O5/c1-2-13-28-18-10-3-15(4-11-18)5-12-19(24)23-17-8-6-16(7-9-17)21(27)22-14-20(25)26/h3-4,6-11H,2,5,12-14H2,1H3,(H,22,27)(H,23,24)(H,25,26). The first-order valence-corrected chi connectivity index (χ1v) is 9.09. The third-order valence-electron chi connectivity index (χ3n) is 3.87. The summed E-state index contributed by atoms with van der Waals surface area (Å²) >= 11 is 0. The summed E-state index contributed by atoms with van der Waals surface area (Å²) in [7, 11) is 0. The fourth-order valence-corrected chi connectivity index (χ4v) is 2.42. The molecule has 0 aliphatic carbocycles. The first-order chi connectivity index (χ1) is 13.5. The van der Waals surface area contributed by atoms with Gasteiger partial charge in [-0.1, -0.05) is 19.1 Å². The monoisotopic (exact) mass is 384 g/mol. The fourth-order valence-electron chi connectivity index (χ4n) is 2.42. The number of nitrogens with one attached hydrogen (secondary N) is 2. The van der Waals surface area contributed by atoms with E-state index in [0.29, 0.717) is 30.7 Å². The van der Waals surface area contributed by atoms with Crippen molar-refractivity contribution in [3.63, 3.8) is 0 Å². The maximum absolute atomic E-state index is 12.1. The Morgan fingerprint density at radius 1 is 1.00 bits per heavy atom. The number of hydrogen-bond acceptors (Lipinski definition) is 4. The maximum atomic E-state index is 12.1. The molecule has 0 fully saturated rings. The second-order valence-corrected chi connectivity index (χ2v) is 6.19. The first-order valence-electron chi connectivity index (χ1n) is 9.09. The average Bonchev–Trinajstić information content (AvgIpc) is 2.70. The molecule has 0 unspecified atom stereocenters. The Hall–Kier alpha value is -3.35. The zero-order valence-electron chi connectivity index (χ0n) is 15.7. The summed E-state index contributed by atoms with van der Waals surface area (Å²) < 4.78 is 5.53. The lowest BCUT2D eigenvalue weighted by atomic mass is 10.1. The van der Waals surface area contributed by atoms with Crippen molar-refractivity contribution in [3.05, 3.63) is 59.7 Å². The highest BCUT2D eigenvalue weighted by atomic mass is 16.5. The number of aliphatic carboxylic acids is 1. The summed E-state index contributed by atoms with van der Waals surface area (Å²) in [5.74, 6) is -0.899. The van der Waals surface area contributed by atoms with Crippen LogP contribution in [0, 0.1) is 0 Å². The molecule has 0 saturated carbocycles. The van der Waals surface area contributed by atoms with E-state index in [1.54, 1.807) is 12.1 Å². The van der Waals surface area contributed by atoms with Crippen LogP contribution in [0.4, 0.5) is 5.69 Å². The summed E-state index contributed by atoms with van der Waals surface area (Å²) in [4.78, 5) is 34.3. The van der Waals surface area contributed by atoms with Crippen LogP contribution in [-0.2, 0) is 16.0 Å². The van der Waals surface area contributed by atoms with Crippen LogP contribution in [0.1, 0.15) is 35.7 Å². The quantitative estimate of drug-likeness (QED) is 0.584. The Bertz CT molecular complexity index is 801. The van der Waals surface area contributed by atoms with E-state index in [-0.39, 0.29) is 5.91 Å². The number of benzene rings is 2. The van der Waals surface area contributed by atoms with Crippen LogP contribution in [0.3, 0.4) is 0 Å². The summed E-state index contributed by atoms with van der Waals surface area (Å²) in [6.07, 6.45) is 1.89. The molecule has 3 N–H and O–H groups in total. The van der Waals surface area contributed by atoms with E-state index < -0.39 is 18.4 Å². The van der Waals surface area contributed by atoms with Crippen molar-refractivity contribution in [2.45, 2.75) is 26.2 Å². The molecule has 0 radical (unpaired) electrons. The van der Waals surface area contributed by atoms with Gasteiger partial charge in [0.05, 0.1) is 6.61 Å². The molecule has 0 spiro atoms. The van der Waals surface area contributed by atoms with Crippen molar-refractivity contribution < 1.29 is 24.2 Å². The predicted octanol–water partition coefficient (Wildman–Crippen LogP) is 2.86. The van der Waals surface area contributed by atoms with Crippen LogP contribution in [-0.4, -0.2) is 36.0 Å². The van der Waals surface area contributed by atoms with E-state index in [1.165, 1.54) is 12.1 Å². The molecule has 0 aliphatic heterocycles. The summed E-state index contributed by atoms with van der Waals surface area (Å²) in [5.41, 5.74) is 1.94. The van der Waals surface area contributed by atoms with Crippen LogP contribution >= 0.6 is 0 Å². The van der Waals surface area contributed by atoms with E-state index >= 15 is 0 Å². The Morgan fingerprint density at radius 3 is 2.29 bits per heavy atom. The van der Waals surface area contributed by atoms with Gasteiger partial charge in [-0.05, 0) is 54.8 Å². The number of amides is 2. The topological polar surface area (TPSA) is 105 Å². The van der Waals surface area contributed by atoms with E-state index in [1.807, 2.05) is 24.3 Å². The van der Waals surface area contributed by atoms with Gasteiger partial charge in [0.25, 0.3) is 5.91 Å². The van der Waals surface area contributed by atoms with Crippen LogP contribution in [0.25, 0.3) is 0 Å². The van der Waals surface area contributed by atoms with Gasteiger partial charge < -0.3 is 20.5 Å². The molecule has 0 aromatic heterocycles. The molecule has 7 nitrogen and oxygen atoms in total. The van der Waals surface area contributed by atoms with Gasteiger partial charge in [0, 0.05) is 17.7 Å². The average molecular weight is 384 g/mol. The molecule has 7 heteroatoms. The number of hydrogen-bond donors (Lipinski definition) is 3. The molecule has 0 saturated heterocycles. The normalized spacial score (nSPS) is 10.2. The van der Waals surface area contributed by atoms with Gasteiger partial charge in [-0.2, -0.15) is 0 Å². The van der Waals surface area contributed by atoms with Crippen LogP contribution < -0.4 is 15.4 Å². The van der Waals surface area contributed by atoms with Gasteiger partial charge in [0.15, 0.2) is 0 Å². The van der Waals surface area contributed by atoms with Crippen molar-refractivity contribution >= 4 is 23.5 Å². The van der Waals surface area contributed by atoms with Crippen molar-refractivity contribution in [1.82, 2.24) is 5.32 Å². The van der Waals surface area contributed by atoms with Crippen LogP contribution in [0.5, 0.6) is 5.75 Å². The van der Waals surface area contributed by atoms with Crippen molar-refractivity contribution in [2.75, 3.05) is 18.5 Å². The molecular formula is C21H24N2O5. The number of aryl methyl sites for hydroxylation is 1.